The molecule has 7 nitrogen and oxygen atoms in total. The molecule has 1 fully saturated rings. The number of hydrogen-bond acceptors (Lipinski definition) is 6. The minimum Gasteiger partial charge on any atom is -0.343 e. The second kappa shape index (κ2) is 11.5. The van der Waals surface area contributed by atoms with E-state index >= 15 is 0 Å². The molecule has 0 unspecified atom stereocenters. The highest BCUT2D eigenvalue weighted by Crippen LogP contribution is 2.34. The van der Waals surface area contributed by atoms with Gasteiger partial charge >= 0.3 is 0 Å². The summed E-state index contributed by atoms with van der Waals surface area (Å²) in [5, 5.41) is 15.9. The van der Waals surface area contributed by atoms with Crippen LogP contribution in [-0.2, 0) is 15.1 Å². The van der Waals surface area contributed by atoms with E-state index in [2.05, 4.69) is 20.9 Å². The van der Waals surface area contributed by atoms with E-state index in [1.54, 1.807) is 11.3 Å². The molecule has 1 aliphatic rings. The van der Waals surface area contributed by atoms with E-state index in [1.165, 1.54) is 0 Å². The fourth-order valence-corrected chi connectivity index (χ4v) is 5.66. The number of thiophene rings is 1. The molecule has 0 atom stereocenters. The number of hydrogen-bond donors (Lipinski definition) is 2. The molecule has 3 N–H and O–H groups in total. The summed E-state index contributed by atoms with van der Waals surface area (Å²) in [6.45, 7) is 5.85. The minimum atomic E-state index is -0.420. The van der Waals surface area contributed by atoms with Crippen molar-refractivity contribution in [1.29, 1.82) is 0 Å². The molecule has 196 valence electrons. The van der Waals surface area contributed by atoms with E-state index in [-0.39, 0.29) is 17.9 Å². The van der Waals surface area contributed by atoms with E-state index < -0.39 is 5.54 Å². The van der Waals surface area contributed by atoms with Gasteiger partial charge in [-0.3, -0.25) is 9.59 Å². The van der Waals surface area contributed by atoms with E-state index in [4.69, 9.17) is 5.73 Å². The van der Waals surface area contributed by atoms with Crippen molar-refractivity contribution >= 4 is 29.0 Å². The van der Waals surface area contributed by atoms with Crippen LogP contribution in [0.4, 0.5) is 5.82 Å². The largest absolute Gasteiger partial charge is 0.343 e. The zero-order valence-corrected chi connectivity index (χ0v) is 23.0. The van der Waals surface area contributed by atoms with Crippen molar-refractivity contribution in [3.8, 4) is 22.4 Å². The highest BCUT2D eigenvalue weighted by atomic mass is 32.1. The van der Waals surface area contributed by atoms with Crippen LogP contribution in [0.5, 0.6) is 0 Å². The van der Waals surface area contributed by atoms with Gasteiger partial charge in [0.05, 0.1) is 0 Å². The summed E-state index contributed by atoms with van der Waals surface area (Å²) in [5.41, 5.74) is 10.5. The fraction of sp³-hybridized carbons (Fsp3) is 0.448. The third kappa shape index (κ3) is 6.62. The van der Waals surface area contributed by atoms with Crippen LogP contribution in [0.1, 0.15) is 64.9 Å². The van der Waals surface area contributed by atoms with Gasteiger partial charge in [0.15, 0.2) is 5.82 Å². The molecule has 37 heavy (non-hydrogen) atoms. The summed E-state index contributed by atoms with van der Waals surface area (Å²) in [5.74, 6) is 0.907. The Morgan fingerprint density at radius 2 is 1.78 bits per heavy atom. The quantitative estimate of drug-likeness (QED) is 0.390. The number of carbonyl (C=O) groups is 2. The average Bonchev–Trinajstić information content (AvgIpc) is 3.43. The van der Waals surface area contributed by atoms with Crippen molar-refractivity contribution in [3.63, 3.8) is 0 Å². The third-order valence-corrected chi connectivity index (χ3v) is 8.01. The predicted molar refractivity (Wildman–Crippen MR) is 150 cm³/mol. The summed E-state index contributed by atoms with van der Waals surface area (Å²) >= 11 is 1.62. The fourth-order valence-electron chi connectivity index (χ4n) is 5.01. The molecule has 0 saturated heterocycles. The van der Waals surface area contributed by atoms with Crippen LogP contribution in [0.3, 0.4) is 0 Å². The van der Waals surface area contributed by atoms with Gasteiger partial charge < -0.3 is 16.0 Å². The van der Waals surface area contributed by atoms with Crippen LogP contribution in [0.25, 0.3) is 22.4 Å². The van der Waals surface area contributed by atoms with E-state index in [0.717, 1.165) is 53.6 Å². The van der Waals surface area contributed by atoms with E-state index in [0.29, 0.717) is 24.6 Å². The van der Waals surface area contributed by atoms with Gasteiger partial charge in [-0.1, -0.05) is 31.2 Å². The van der Waals surface area contributed by atoms with Gasteiger partial charge in [0.2, 0.25) is 11.8 Å². The first kappa shape index (κ1) is 26.9. The molecule has 1 aromatic carbocycles. The summed E-state index contributed by atoms with van der Waals surface area (Å²) in [6.07, 6.45) is 4.75. The Kier molecular flexibility index (Phi) is 8.39. The van der Waals surface area contributed by atoms with Crippen LogP contribution in [-0.4, -0.2) is 40.0 Å². The SMILES string of the molecule is CCC(=O)N(C)[C@H]1CC[C@H](CC(=O)Nc2cc(-c3ccsc3)c(-c3ccc(C(C)(C)N)cc3)nn2)CC1. The number of aromatic nitrogens is 2. The average molecular weight is 520 g/mol. The van der Waals surface area contributed by atoms with E-state index in [1.807, 2.05) is 74.5 Å². The molecule has 0 spiro atoms. The summed E-state index contributed by atoms with van der Waals surface area (Å²) < 4.78 is 0. The number of nitrogens with two attached hydrogens (primary N) is 1. The molecular weight excluding hydrogens is 482 g/mol. The highest BCUT2D eigenvalue weighted by molar-refractivity contribution is 7.08. The first-order chi connectivity index (χ1) is 17.7. The number of anilines is 1. The first-order valence-corrected chi connectivity index (χ1v) is 14.0. The molecule has 0 aliphatic heterocycles. The minimum absolute atomic E-state index is 0.0470. The Morgan fingerprint density at radius 1 is 1.08 bits per heavy atom. The molecule has 8 heteroatoms. The second-order valence-corrected chi connectivity index (χ2v) is 11.4. The van der Waals surface area contributed by atoms with Crippen molar-refractivity contribution in [1.82, 2.24) is 15.1 Å². The molecule has 2 amide bonds. The Hall–Kier alpha value is -3.10. The highest BCUT2D eigenvalue weighted by Gasteiger charge is 2.27. The number of rotatable bonds is 8. The maximum atomic E-state index is 12.9. The van der Waals surface area contributed by atoms with Gasteiger partial charge in [-0.25, -0.2) is 0 Å². The molecule has 4 rings (SSSR count). The number of nitrogens with zero attached hydrogens (tertiary/aromatic N) is 3. The monoisotopic (exact) mass is 519 g/mol. The summed E-state index contributed by atoms with van der Waals surface area (Å²) in [4.78, 5) is 26.8. The maximum absolute atomic E-state index is 12.9. The summed E-state index contributed by atoms with van der Waals surface area (Å²) in [7, 11) is 1.89. The number of amides is 2. The molecule has 0 radical (unpaired) electrons. The van der Waals surface area contributed by atoms with Crippen molar-refractivity contribution < 1.29 is 9.59 Å². The second-order valence-electron chi connectivity index (χ2n) is 10.6. The first-order valence-electron chi connectivity index (χ1n) is 13.0. The van der Waals surface area contributed by atoms with Crippen LogP contribution >= 0.6 is 11.3 Å². The zero-order chi connectivity index (χ0) is 26.6. The van der Waals surface area contributed by atoms with Crippen LogP contribution in [0.2, 0.25) is 0 Å². The van der Waals surface area contributed by atoms with Gasteiger partial charge in [0, 0.05) is 42.6 Å². The van der Waals surface area contributed by atoms with Gasteiger partial charge in [0.25, 0.3) is 0 Å². The molecular formula is C29H37N5O2S. The molecule has 3 aromatic rings. The van der Waals surface area contributed by atoms with Crippen molar-refractivity contribution in [2.45, 2.75) is 70.9 Å². The predicted octanol–water partition coefficient (Wildman–Crippen LogP) is 5.82. The Balaban J connectivity index is 1.45. The maximum Gasteiger partial charge on any atom is 0.225 e. The molecule has 1 aliphatic carbocycles. The van der Waals surface area contributed by atoms with Gasteiger partial charge in [0.1, 0.15) is 5.69 Å². The Labute approximate surface area is 223 Å². The lowest BCUT2D eigenvalue weighted by Gasteiger charge is -2.34. The molecule has 2 heterocycles. The lowest BCUT2D eigenvalue weighted by molar-refractivity contribution is -0.132. The number of nitrogens with one attached hydrogen (secondary N) is 1. The standard InChI is InChI=1S/C29H37N5O2S/c1-5-27(36)34(4)23-12-6-19(7-13-23)16-26(35)31-25-17-24(21-14-15-37-18-21)28(33-32-25)20-8-10-22(11-9-20)29(2,3)30/h8-11,14-15,17-19,23H,5-7,12-13,16,30H2,1-4H3,(H,31,32,35)/t19-,23-. The molecule has 1 saturated carbocycles. The van der Waals surface area contributed by atoms with Crippen molar-refractivity contribution in [2.24, 2.45) is 11.7 Å². The Bertz CT molecular complexity index is 1210. The van der Waals surface area contributed by atoms with Gasteiger partial charge in [-0.2, -0.15) is 11.3 Å². The normalized spacial score (nSPS) is 17.9. The lowest BCUT2D eigenvalue weighted by atomic mass is 9.83. The van der Waals surface area contributed by atoms with Crippen LogP contribution in [0.15, 0.2) is 47.2 Å². The van der Waals surface area contributed by atoms with Gasteiger partial charge in [-0.15, -0.1) is 10.2 Å². The summed E-state index contributed by atoms with van der Waals surface area (Å²) in [6, 6.07) is 12.3. The smallest absolute Gasteiger partial charge is 0.225 e. The topological polar surface area (TPSA) is 101 Å². The van der Waals surface area contributed by atoms with Crippen LogP contribution < -0.4 is 11.1 Å². The lowest BCUT2D eigenvalue weighted by Crippen LogP contribution is -2.39. The molecule has 0 bridgehead atoms. The van der Waals surface area contributed by atoms with Crippen molar-refractivity contribution in [2.75, 3.05) is 12.4 Å². The van der Waals surface area contributed by atoms with Crippen LogP contribution in [0, 0.1) is 5.92 Å². The number of carbonyl (C=O) groups excluding carboxylic acids is 2. The zero-order valence-electron chi connectivity index (χ0n) is 22.2. The Morgan fingerprint density at radius 3 is 2.38 bits per heavy atom. The number of benzene rings is 1. The van der Waals surface area contributed by atoms with E-state index in [9.17, 15) is 9.59 Å². The molecule has 2 aromatic heterocycles. The van der Waals surface area contributed by atoms with Crippen molar-refractivity contribution in [3.05, 3.63) is 52.7 Å². The third-order valence-electron chi connectivity index (χ3n) is 7.33. The van der Waals surface area contributed by atoms with Gasteiger partial charge in [-0.05, 0) is 79.5 Å².